The highest BCUT2D eigenvalue weighted by atomic mass is 32.2. The molecule has 1 unspecified atom stereocenters. The molecule has 0 aliphatic rings. The lowest BCUT2D eigenvalue weighted by atomic mass is 10.0. The van der Waals surface area contributed by atoms with Crippen LogP contribution in [-0.4, -0.2) is 35.3 Å². The summed E-state index contributed by atoms with van der Waals surface area (Å²) >= 11 is -2.45. The number of hydrogen-bond acceptors (Lipinski definition) is 5. The molecule has 1 aromatic carbocycles. The van der Waals surface area contributed by atoms with E-state index >= 15 is 0 Å². The molecule has 6 nitrogen and oxygen atoms in total. The number of ether oxygens (including phenoxy) is 1. The van der Waals surface area contributed by atoms with Crippen molar-refractivity contribution in [3.63, 3.8) is 0 Å². The van der Waals surface area contributed by atoms with Crippen molar-refractivity contribution in [3.8, 4) is 0 Å². The van der Waals surface area contributed by atoms with E-state index in [-0.39, 0.29) is 5.04 Å². The van der Waals surface area contributed by atoms with Gasteiger partial charge >= 0.3 is 0 Å². The predicted molar refractivity (Wildman–Crippen MR) is 121 cm³/mol. The quantitative estimate of drug-likeness (QED) is 0.320. The fourth-order valence-corrected chi connectivity index (χ4v) is 4.03. The van der Waals surface area contributed by atoms with Crippen LogP contribution in [0, 0.1) is 0 Å². The maximum atomic E-state index is 11.5. The van der Waals surface area contributed by atoms with Crippen molar-refractivity contribution in [1.82, 2.24) is 10.0 Å². The highest BCUT2D eigenvalue weighted by Gasteiger charge is 2.38. The van der Waals surface area contributed by atoms with Crippen LogP contribution < -0.4 is 10.0 Å². The molecular weight excluding hydrogens is 404 g/mol. The normalized spacial score (nSPS) is 16.0. The molecule has 2 N–H and O–H groups in total. The SMILES string of the molecule is C=C(N[C@H](CO[Si](C)(C)C(C)(C)C)[C@@H](NS(=O)[O-])c1ccccc1)OC(C)(C)C. The Hall–Kier alpha value is -1.19. The molecule has 0 radical (unpaired) electrons. The summed E-state index contributed by atoms with van der Waals surface area (Å²) in [6.07, 6.45) is 0. The number of hydrogen-bond donors (Lipinski definition) is 2. The molecule has 1 aromatic rings. The summed E-state index contributed by atoms with van der Waals surface area (Å²) in [4.78, 5) is 0. The van der Waals surface area contributed by atoms with E-state index in [0.717, 1.165) is 5.56 Å². The van der Waals surface area contributed by atoms with Gasteiger partial charge in [0.25, 0.3) is 0 Å². The maximum Gasteiger partial charge on any atom is 0.192 e. The monoisotopic (exact) mass is 441 g/mol. The Labute approximate surface area is 180 Å². The third-order valence-electron chi connectivity index (χ3n) is 4.99. The minimum atomic E-state index is -2.45. The number of benzene rings is 1. The van der Waals surface area contributed by atoms with Gasteiger partial charge in [0.2, 0.25) is 0 Å². The molecule has 0 saturated heterocycles. The molecule has 0 bridgehead atoms. The molecule has 0 saturated carbocycles. The Morgan fingerprint density at radius 1 is 1.17 bits per heavy atom. The van der Waals surface area contributed by atoms with E-state index in [1.807, 2.05) is 51.1 Å². The van der Waals surface area contributed by atoms with Gasteiger partial charge in [-0.2, -0.15) is 0 Å². The van der Waals surface area contributed by atoms with Gasteiger partial charge in [-0.05, 0) is 51.0 Å². The zero-order valence-electron chi connectivity index (χ0n) is 19.0. The molecule has 8 heteroatoms. The molecule has 0 fully saturated rings. The predicted octanol–water partition coefficient (Wildman–Crippen LogP) is 4.38. The standard InChI is InChI=1S/C21H38N2O4SSi/c1-16(27-20(2,3)4)22-18(15-26-29(8,9)21(5,6)7)19(23-28(24)25)17-13-11-10-12-14-17/h10-14,18-19,22-23H,1,15H2,2-9H3,(H,24,25)/p-1/t18-,19+/m1/s1. The second-order valence-electron chi connectivity index (χ2n) is 9.70. The largest absolute Gasteiger partial charge is 0.760 e. The summed E-state index contributed by atoms with van der Waals surface area (Å²) in [6.45, 7) is 20.9. The van der Waals surface area contributed by atoms with E-state index in [4.69, 9.17) is 9.16 Å². The summed E-state index contributed by atoms with van der Waals surface area (Å²) in [6, 6.07) is 8.48. The van der Waals surface area contributed by atoms with Crippen molar-refractivity contribution in [2.45, 2.75) is 77.4 Å². The van der Waals surface area contributed by atoms with Crippen LogP contribution in [0.5, 0.6) is 0 Å². The zero-order chi connectivity index (χ0) is 22.5. The summed E-state index contributed by atoms with van der Waals surface area (Å²) in [5.74, 6) is 0.376. The average molecular weight is 442 g/mol. The van der Waals surface area contributed by atoms with E-state index in [9.17, 15) is 8.76 Å². The first-order valence-corrected chi connectivity index (χ1v) is 13.8. The molecule has 166 valence electrons. The Kier molecular flexibility index (Phi) is 9.10. The third-order valence-corrected chi connectivity index (χ3v) is 9.94. The molecule has 1 rings (SSSR count). The summed E-state index contributed by atoms with van der Waals surface area (Å²) in [7, 11) is -2.04. The lowest BCUT2D eigenvalue weighted by molar-refractivity contribution is 0.0343. The Bertz CT molecular complexity index is 684. The van der Waals surface area contributed by atoms with E-state index in [0.29, 0.717) is 12.5 Å². The Morgan fingerprint density at radius 3 is 2.17 bits per heavy atom. The maximum absolute atomic E-state index is 11.5. The second kappa shape index (κ2) is 10.2. The first kappa shape index (κ1) is 25.8. The van der Waals surface area contributed by atoms with E-state index in [1.54, 1.807) is 0 Å². The van der Waals surface area contributed by atoms with Crippen molar-refractivity contribution >= 4 is 19.6 Å². The van der Waals surface area contributed by atoms with Gasteiger partial charge in [0.15, 0.2) is 14.2 Å². The highest BCUT2D eigenvalue weighted by molar-refractivity contribution is 7.77. The van der Waals surface area contributed by atoms with Gasteiger partial charge in [-0.1, -0.05) is 51.1 Å². The van der Waals surface area contributed by atoms with E-state index < -0.39 is 37.3 Å². The van der Waals surface area contributed by atoms with Crippen LogP contribution in [0.1, 0.15) is 53.1 Å². The molecule has 29 heavy (non-hydrogen) atoms. The van der Waals surface area contributed by atoms with Gasteiger partial charge in [-0.15, -0.1) is 0 Å². The van der Waals surface area contributed by atoms with Gasteiger partial charge in [0.05, 0.1) is 18.7 Å². The molecule has 0 spiro atoms. The minimum Gasteiger partial charge on any atom is -0.760 e. The van der Waals surface area contributed by atoms with Crippen molar-refractivity contribution in [2.24, 2.45) is 0 Å². The molecular formula is C21H37N2O4SSi-. The zero-order valence-corrected chi connectivity index (χ0v) is 20.8. The van der Waals surface area contributed by atoms with Crippen molar-refractivity contribution in [2.75, 3.05) is 6.61 Å². The number of nitrogens with one attached hydrogen (secondary N) is 2. The summed E-state index contributed by atoms with van der Waals surface area (Å²) in [5, 5.41) is 3.28. The average Bonchev–Trinajstić information content (AvgIpc) is 2.54. The van der Waals surface area contributed by atoms with Crippen LogP contribution in [0.25, 0.3) is 0 Å². The highest BCUT2D eigenvalue weighted by Crippen LogP contribution is 2.37. The lowest BCUT2D eigenvalue weighted by Crippen LogP contribution is -2.50. The summed E-state index contributed by atoms with van der Waals surface area (Å²) in [5.41, 5.74) is 0.406. The molecule has 0 aliphatic carbocycles. The number of rotatable bonds is 10. The van der Waals surface area contributed by atoms with Gasteiger partial charge in [-0.25, -0.2) is 4.72 Å². The fraction of sp³-hybridized carbons (Fsp3) is 0.619. The van der Waals surface area contributed by atoms with Crippen LogP contribution in [-0.2, 0) is 20.4 Å². The van der Waals surface area contributed by atoms with E-state index in [1.165, 1.54) is 0 Å². The van der Waals surface area contributed by atoms with Crippen LogP contribution >= 0.6 is 0 Å². The van der Waals surface area contributed by atoms with Crippen molar-refractivity contribution < 1.29 is 17.9 Å². The first-order chi connectivity index (χ1) is 13.1. The Balaban J connectivity index is 3.17. The van der Waals surface area contributed by atoms with Crippen LogP contribution in [0.2, 0.25) is 18.1 Å². The van der Waals surface area contributed by atoms with Crippen LogP contribution in [0.4, 0.5) is 0 Å². The molecule has 0 heterocycles. The molecule has 0 aliphatic heterocycles. The second-order valence-corrected chi connectivity index (χ2v) is 15.2. The topological polar surface area (TPSA) is 82.7 Å². The summed E-state index contributed by atoms with van der Waals surface area (Å²) < 4.78 is 37.9. The van der Waals surface area contributed by atoms with E-state index in [2.05, 4.69) is 50.5 Å². The van der Waals surface area contributed by atoms with Crippen LogP contribution in [0.15, 0.2) is 42.8 Å². The fourth-order valence-electron chi connectivity index (χ4n) is 2.49. The minimum absolute atomic E-state index is 0.0352. The van der Waals surface area contributed by atoms with Crippen molar-refractivity contribution in [3.05, 3.63) is 48.4 Å². The van der Waals surface area contributed by atoms with Crippen LogP contribution in [0.3, 0.4) is 0 Å². The van der Waals surface area contributed by atoms with Gasteiger partial charge < -0.3 is 19.0 Å². The lowest BCUT2D eigenvalue weighted by Gasteiger charge is -2.39. The van der Waals surface area contributed by atoms with Gasteiger partial charge in [0.1, 0.15) is 5.60 Å². The van der Waals surface area contributed by atoms with Crippen molar-refractivity contribution in [1.29, 1.82) is 0 Å². The molecule has 0 aromatic heterocycles. The first-order valence-electron chi connectivity index (χ1n) is 9.81. The smallest absolute Gasteiger partial charge is 0.192 e. The van der Waals surface area contributed by atoms with Gasteiger partial charge in [0, 0.05) is 11.3 Å². The molecule has 0 amide bonds. The molecule has 3 atom stereocenters. The van der Waals surface area contributed by atoms with Gasteiger partial charge in [-0.3, -0.25) is 4.21 Å². The third kappa shape index (κ3) is 9.00. The Morgan fingerprint density at radius 2 is 1.72 bits per heavy atom.